The molecule has 7 aromatic rings. The van der Waals surface area contributed by atoms with Gasteiger partial charge in [-0.3, -0.25) is 10.4 Å². The Balaban J connectivity index is 1.31. The number of nitrogens with one attached hydrogen (secondary N) is 1. The zero-order valence-corrected chi connectivity index (χ0v) is 22.3. The summed E-state index contributed by atoms with van der Waals surface area (Å²) < 4.78 is 0. The van der Waals surface area contributed by atoms with Crippen LogP contribution in [0.4, 0.5) is 5.69 Å². The highest BCUT2D eigenvalue weighted by atomic mass is 15.3. The second kappa shape index (κ2) is 10.9. The summed E-state index contributed by atoms with van der Waals surface area (Å²) in [7, 11) is 0. The highest BCUT2D eigenvalue weighted by Gasteiger charge is 2.12. The van der Waals surface area contributed by atoms with Crippen LogP contribution in [-0.4, -0.2) is 15.7 Å². The molecule has 0 aliphatic heterocycles. The quantitative estimate of drug-likeness (QED) is 0.134. The van der Waals surface area contributed by atoms with Gasteiger partial charge in [0.05, 0.1) is 22.8 Å². The summed E-state index contributed by atoms with van der Waals surface area (Å²) in [5, 5.41) is 9.53. The molecule has 4 heteroatoms. The second-order valence-corrected chi connectivity index (χ2v) is 9.82. The van der Waals surface area contributed by atoms with Crippen molar-refractivity contribution < 1.29 is 0 Å². The van der Waals surface area contributed by atoms with Gasteiger partial charge < -0.3 is 0 Å². The van der Waals surface area contributed by atoms with Crippen LogP contribution in [0.3, 0.4) is 0 Å². The highest BCUT2D eigenvalue weighted by molar-refractivity contribution is 6.16. The van der Waals surface area contributed by atoms with E-state index in [1.807, 2.05) is 54.6 Å². The fraction of sp³-hybridized carbons (Fsp3) is 0. The number of pyridine rings is 2. The van der Waals surface area contributed by atoms with Crippen LogP contribution in [0.1, 0.15) is 11.1 Å². The topological polar surface area (TPSA) is 50.2 Å². The molecule has 5 aromatic carbocycles. The lowest BCUT2D eigenvalue weighted by molar-refractivity contribution is 1.29. The number of rotatable bonds is 6. The first kappa shape index (κ1) is 24.4. The average molecular weight is 527 g/mol. The molecule has 0 spiro atoms. The van der Waals surface area contributed by atoms with Crippen LogP contribution in [-0.2, 0) is 0 Å². The molecule has 4 nitrogen and oxygen atoms in total. The molecule has 0 saturated carbocycles. The number of fused-ring (bicyclic) bond motifs is 3. The molecule has 0 saturated heterocycles. The maximum absolute atomic E-state index is 5.01. The number of benzene rings is 5. The van der Waals surface area contributed by atoms with Gasteiger partial charge in [-0.2, -0.15) is 5.10 Å². The smallest absolute Gasteiger partial charge is 0.0977 e. The lowest BCUT2D eigenvalue weighted by atomic mass is 9.96. The number of hydrazone groups is 1. The van der Waals surface area contributed by atoms with Gasteiger partial charge in [0, 0.05) is 40.0 Å². The molecule has 0 bridgehead atoms. The summed E-state index contributed by atoms with van der Waals surface area (Å²) >= 11 is 0. The predicted octanol–water partition coefficient (Wildman–Crippen LogP) is 8.98. The number of anilines is 1. The van der Waals surface area contributed by atoms with Crippen molar-refractivity contribution in [2.24, 2.45) is 5.10 Å². The van der Waals surface area contributed by atoms with Crippen LogP contribution >= 0.6 is 0 Å². The fourth-order valence-electron chi connectivity index (χ4n) is 5.32. The monoisotopic (exact) mass is 526 g/mol. The van der Waals surface area contributed by atoms with Crippen LogP contribution in [0.2, 0.25) is 0 Å². The summed E-state index contributed by atoms with van der Waals surface area (Å²) in [6.45, 7) is 0. The first-order chi connectivity index (χ1) is 20.3. The third kappa shape index (κ3) is 4.83. The Morgan fingerprint density at radius 1 is 0.488 bits per heavy atom. The molecule has 0 amide bonds. The lowest BCUT2D eigenvalue weighted by Crippen LogP contribution is -2.06. The van der Waals surface area contributed by atoms with Gasteiger partial charge in [0.15, 0.2) is 0 Å². The SMILES string of the molecule is c1ccc(C(=NNc2cccc3c2ccc2c(-c4cccc(-c5ccncc5)n4)cccc23)c2ccccc2)cc1. The Kier molecular flexibility index (Phi) is 6.48. The standard InChI is InChI=1S/C37H26N4/c1-3-10-27(11-4-1)37(28-12-5-2-6-13-28)41-40-36-19-8-15-30-29-14-7-16-32(31(29)20-21-33(30)36)35-18-9-17-34(39-35)26-22-24-38-25-23-26/h1-25,40H. The van der Waals surface area contributed by atoms with Gasteiger partial charge in [-0.25, -0.2) is 4.98 Å². The Labute approximate surface area is 238 Å². The molecular formula is C37H26N4. The average Bonchev–Trinajstić information content (AvgIpc) is 3.06. The van der Waals surface area contributed by atoms with E-state index in [1.165, 1.54) is 5.39 Å². The highest BCUT2D eigenvalue weighted by Crippen LogP contribution is 2.35. The molecular weight excluding hydrogens is 500 g/mol. The second-order valence-electron chi connectivity index (χ2n) is 9.82. The molecule has 0 unspecified atom stereocenters. The van der Waals surface area contributed by atoms with Gasteiger partial charge in [-0.15, -0.1) is 0 Å². The van der Waals surface area contributed by atoms with Crippen molar-refractivity contribution >= 4 is 32.9 Å². The molecule has 2 aromatic heterocycles. The third-order valence-corrected chi connectivity index (χ3v) is 7.30. The summed E-state index contributed by atoms with van der Waals surface area (Å²) in [6, 6.07) is 47.8. The van der Waals surface area contributed by atoms with Gasteiger partial charge in [0.2, 0.25) is 0 Å². The van der Waals surface area contributed by atoms with Crippen molar-refractivity contribution in [2.45, 2.75) is 0 Å². The third-order valence-electron chi connectivity index (χ3n) is 7.30. The Morgan fingerprint density at radius 2 is 1.10 bits per heavy atom. The molecule has 0 fully saturated rings. The molecule has 41 heavy (non-hydrogen) atoms. The van der Waals surface area contributed by atoms with E-state index in [0.29, 0.717) is 0 Å². The van der Waals surface area contributed by atoms with Crippen molar-refractivity contribution in [3.8, 4) is 22.5 Å². The first-order valence-electron chi connectivity index (χ1n) is 13.6. The van der Waals surface area contributed by atoms with Crippen molar-refractivity contribution in [3.05, 3.63) is 163 Å². The van der Waals surface area contributed by atoms with E-state index in [9.17, 15) is 0 Å². The van der Waals surface area contributed by atoms with Crippen molar-refractivity contribution in [3.63, 3.8) is 0 Å². The maximum Gasteiger partial charge on any atom is 0.0977 e. The van der Waals surface area contributed by atoms with Crippen LogP contribution in [0.25, 0.3) is 44.1 Å². The summed E-state index contributed by atoms with van der Waals surface area (Å²) in [4.78, 5) is 9.15. The van der Waals surface area contributed by atoms with E-state index in [4.69, 9.17) is 10.1 Å². The molecule has 2 heterocycles. The molecule has 0 aliphatic rings. The van der Waals surface area contributed by atoms with Crippen LogP contribution in [0.5, 0.6) is 0 Å². The molecule has 7 rings (SSSR count). The van der Waals surface area contributed by atoms with Gasteiger partial charge in [-0.1, -0.05) is 109 Å². The Hall–Kier alpha value is -5.61. The molecule has 0 atom stereocenters. The van der Waals surface area contributed by atoms with Crippen molar-refractivity contribution in [1.29, 1.82) is 0 Å². The minimum absolute atomic E-state index is 0.895. The fourth-order valence-corrected chi connectivity index (χ4v) is 5.32. The van der Waals surface area contributed by atoms with E-state index in [2.05, 4.69) is 95.3 Å². The van der Waals surface area contributed by atoms with E-state index in [0.717, 1.165) is 61.2 Å². The minimum Gasteiger partial charge on any atom is -0.277 e. The predicted molar refractivity (Wildman–Crippen MR) is 170 cm³/mol. The lowest BCUT2D eigenvalue weighted by Gasteiger charge is -2.13. The zero-order chi connectivity index (χ0) is 27.4. The first-order valence-corrected chi connectivity index (χ1v) is 13.6. The largest absolute Gasteiger partial charge is 0.277 e. The van der Waals surface area contributed by atoms with Gasteiger partial charge >= 0.3 is 0 Å². The van der Waals surface area contributed by atoms with Crippen molar-refractivity contribution in [1.82, 2.24) is 9.97 Å². The zero-order valence-electron chi connectivity index (χ0n) is 22.3. The maximum atomic E-state index is 5.01. The normalized spacial score (nSPS) is 10.9. The Bertz CT molecular complexity index is 1960. The minimum atomic E-state index is 0.895. The Morgan fingerprint density at radius 3 is 1.83 bits per heavy atom. The summed E-state index contributed by atoms with van der Waals surface area (Å²) in [6.07, 6.45) is 3.60. The number of hydrogen-bond donors (Lipinski definition) is 1. The van der Waals surface area contributed by atoms with E-state index in [-0.39, 0.29) is 0 Å². The summed E-state index contributed by atoms with van der Waals surface area (Å²) in [5.41, 5.74) is 11.4. The van der Waals surface area contributed by atoms with Crippen molar-refractivity contribution in [2.75, 3.05) is 5.43 Å². The molecule has 0 radical (unpaired) electrons. The van der Waals surface area contributed by atoms with Gasteiger partial charge in [0.1, 0.15) is 0 Å². The van der Waals surface area contributed by atoms with Crippen LogP contribution in [0.15, 0.2) is 157 Å². The number of hydrogen-bond acceptors (Lipinski definition) is 4. The summed E-state index contributed by atoms with van der Waals surface area (Å²) in [5.74, 6) is 0. The molecule has 1 N–H and O–H groups in total. The van der Waals surface area contributed by atoms with Crippen LogP contribution in [0, 0.1) is 0 Å². The van der Waals surface area contributed by atoms with Crippen LogP contribution < -0.4 is 5.43 Å². The van der Waals surface area contributed by atoms with E-state index in [1.54, 1.807) is 12.4 Å². The molecule has 194 valence electrons. The number of nitrogens with zero attached hydrogens (tertiary/aromatic N) is 3. The van der Waals surface area contributed by atoms with E-state index < -0.39 is 0 Å². The van der Waals surface area contributed by atoms with Gasteiger partial charge in [0.25, 0.3) is 0 Å². The molecule has 0 aliphatic carbocycles. The van der Waals surface area contributed by atoms with Gasteiger partial charge in [-0.05, 0) is 46.5 Å². The van der Waals surface area contributed by atoms with E-state index >= 15 is 0 Å². The number of aromatic nitrogens is 2.